The Morgan fingerprint density at radius 3 is 2.44 bits per heavy atom. The lowest BCUT2D eigenvalue weighted by atomic mass is 10.0. The first-order chi connectivity index (χ1) is 4.20. The molecule has 0 fully saturated rings. The van der Waals surface area contributed by atoms with Crippen LogP contribution in [0.25, 0.3) is 0 Å². The normalized spacial score (nSPS) is 16.2. The molecule has 0 aromatic heterocycles. The van der Waals surface area contributed by atoms with Gasteiger partial charge >= 0.3 is 0 Å². The third-order valence-corrected chi connectivity index (χ3v) is 1.43. The maximum absolute atomic E-state index is 3.88. The first-order valence-corrected chi connectivity index (χ1v) is 3.29. The average molecular weight is 125 g/mol. The fraction of sp³-hybridized carbons (Fsp3) is 0.625. The lowest BCUT2D eigenvalue weighted by Gasteiger charge is -2.07. The molecule has 1 heteroatoms. The fourth-order valence-corrected chi connectivity index (χ4v) is 0.709. The molecule has 0 aliphatic carbocycles. The second kappa shape index (κ2) is 4.30. The summed E-state index contributed by atoms with van der Waals surface area (Å²) in [7, 11) is 0. The van der Waals surface area contributed by atoms with E-state index in [1.54, 1.807) is 0 Å². The van der Waals surface area contributed by atoms with Crippen LogP contribution in [0.4, 0.5) is 0 Å². The summed E-state index contributed by atoms with van der Waals surface area (Å²) in [6.07, 6.45) is 3.01. The molecule has 0 radical (unpaired) electrons. The van der Waals surface area contributed by atoms with Gasteiger partial charge in [0, 0.05) is 6.04 Å². The van der Waals surface area contributed by atoms with E-state index in [4.69, 9.17) is 0 Å². The van der Waals surface area contributed by atoms with Gasteiger partial charge in [-0.05, 0) is 26.0 Å². The Morgan fingerprint density at radius 1 is 1.56 bits per heavy atom. The van der Waals surface area contributed by atoms with Crippen LogP contribution in [0, 0.1) is 5.92 Å². The van der Waals surface area contributed by atoms with Crippen LogP contribution >= 0.6 is 0 Å². The quantitative estimate of drug-likeness (QED) is 0.404. The molecular formula is C8H15N. The fourth-order valence-electron chi connectivity index (χ4n) is 0.709. The van der Waals surface area contributed by atoms with E-state index in [2.05, 4.69) is 32.1 Å². The van der Waals surface area contributed by atoms with Crippen molar-refractivity contribution in [3.05, 3.63) is 12.7 Å². The first kappa shape index (κ1) is 8.41. The van der Waals surface area contributed by atoms with Crippen molar-refractivity contribution in [3.63, 3.8) is 0 Å². The summed E-state index contributed by atoms with van der Waals surface area (Å²) in [5, 5.41) is 0. The summed E-state index contributed by atoms with van der Waals surface area (Å²) in [5.74, 6) is 0.561. The molecule has 0 aliphatic rings. The highest BCUT2D eigenvalue weighted by Gasteiger charge is 2.00. The Balaban J connectivity index is 3.45. The van der Waals surface area contributed by atoms with Crippen molar-refractivity contribution in [3.8, 4) is 0 Å². The van der Waals surface area contributed by atoms with Crippen molar-refractivity contribution in [2.24, 2.45) is 10.9 Å². The smallest absolute Gasteiger partial charge is 0.0469 e. The van der Waals surface area contributed by atoms with Crippen molar-refractivity contribution in [2.75, 3.05) is 0 Å². The van der Waals surface area contributed by atoms with Crippen LogP contribution in [-0.4, -0.2) is 12.8 Å². The molecule has 1 nitrogen and oxygen atoms in total. The van der Waals surface area contributed by atoms with Gasteiger partial charge in [-0.1, -0.05) is 13.0 Å². The molecule has 9 heavy (non-hydrogen) atoms. The third kappa shape index (κ3) is 3.95. The van der Waals surface area contributed by atoms with Gasteiger partial charge in [0.05, 0.1) is 0 Å². The first-order valence-electron chi connectivity index (χ1n) is 3.29. The highest BCUT2D eigenvalue weighted by molar-refractivity contribution is 5.23. The van der Waals surface area contributed by atoms with Crippen LogP contribution in [0.2, 0.25) is 0 Å². The summed E-state index contributed by atoms with van der Waals surface area (Å²) in [6, 6.07) is 0.373. The zero-order chi connectivity index (χ0) is 7.28. The van der Waals surface area contributed by atoms with Gasteiger partial charge in [-0.3, -0.25) is 4.99 Å². The maximum Gasteiger partial charge on any atom is 0.0469 e. The molecule has 0 rings (SSSR count). The zero-order valence-corrected chi connectivity index (χ0v) is 6.30. The maximum atomic E-state index is 3.88. The average Bonchev–Trinajstić information content (AvgIpc) is 1.87. The summed E-state index contributed by atoms with van der Waals surface area (Å²) in [6.45, 7) is 11.3. The predicted molar refractivity (Wildman–Crippen MR) is 43.0 cm³/mol. The molecule has 0 saturated carbocycles. The van der Waals surface area contributed by atoms with E-state index in [-0.39, 0.29) is 0 Å². The number of aliphatic imine (C=N–C) groups is 1. The lowest BCUT2D eigenvalue weighted by molar-refractivity contribution is 0.567. The number of allylic oxidation sites excluding steroid dienone is 1. The minimum absolute atomic E-state index is 0.373. The van der Waals surface area contributed by atoms with E-state index in [0.717, 1.165) is 6.42 Å². The Morgan fingerprint density at radius 2 is 2.11 bits per heavy atom. The van der Waals surface area contributed by atoms with E-state index in [9.17, 15) is 0 Å². The monoisotopic (exact) mass is 125 g/mol. The van der Waals surface area contributed by atoms with Gasteiger partial charge in [-0.2, -0.15) is 0 Å². The molecule has 0 heterocycles. The molecule has 2 atom stereocenters. The summed E-state index contributed by atoms with van der Waals surface area (Å²) in [5.41, 5.74) is 0. The molecule has 0 bridgehead atoms. The predicted octanol–water partition coefficient (Wildman–Crippen LogP) is 2.29. The lowest BCUT2D eigenvalue weighted by Crippen LogP contribution is -2.02. The minimum atomic E-state index is 0.373. The van der Waals surface area contributed by atoms with E-state index >= 15 is 0 Å². The molecular weight excluding hydrogens is 110 g/mol. The van der Waals surface area contributed by atoms with Crippen molar-refractivity contribution in [1.82, 2.24) is 0 Å². The summed E-state index contributed by atoms with van der Waals surface area (Å²) >= 11 is 0. The number of hydrogen-bond donors (Lipinski definition) is 0. The van der Waals surface area contributed by atoms with Crippen molar-refractivity contribution in [2.45, 2.75) is 26.3 Å². The minimum Gasteiger partial charge on any atom is -0.298 e. The van der Waals surface area contributed by atoms with Gasteiger partial charge in [0.2, 0.25) is 0 Å². The Bertz CT molecular complexity index is 84.7. The van der Waals surface area contributed by atoms with Gasteiger partial charge in [-0.25, -0.2) is 0 Å². The van der Waals surface area contributed by atoms with Crippen molar-refractivity contribution < 1.29 is 0 Å². The molecule has 0 N–H and O–H groups in total. The second-order valence-electron chi connectivity index (χ2n) is 2.48. The molecule has 0 aromatic rings. The summed E-state index contributed by atoms with van der Waals surface area (Å²) in [4.78, 5) is 3.88. The van der Waals surface area contributed by atoms with Gasteiger partial charge in [0.15, 0.2) is 0 Å². The molecule has 0 spiro atoms. The van der Waals surface area contributed by atoms with Gasteiger partial charge in [-0.15, -0.1) is 6.58 Å². The Hall–Kier alpha value is -0.590. The van der Waals surface area contributed by atoms with E-state index < -0.39 is 0 Å². The molecule has 0 saturated heterocycles. The van der Waals surface area contributed by atoms with Gasteiger partial charge in [0.25, 0.3) is 0 Å². The largest absolute Gasteiger partial charge is 0.298 e. The van der Waals surface area contributed by atoms with Gasteiger partial charge in [0.1, 0.15) is 0 Å². The molecule has 52 valence electrons. The molecule has 0 aliphatic heterocycles. The Labute approximate surface area is 57.5 Å². The molecule has 0 aromatic carbocycles. The highest BCUT2D eigenvalue weighted by atomic mass is 14.7. The van der Waals surface area contributed by atoms with Crippen LogP contribution in [0.1, 0.15) is 20.3 Å². The van der Waals surface area contributed by atoms with Crippen molar-refractivity contribution in [1.29, 1.82) is 0 Å². The van der Waals surface area contributed by atoms with Crippen LogP contribution in [-0.2, 0) is 0 Å². The zero-order valence-electron chi connectivity index (χ0n) is 6.30. The topological polar surface area (TPSA) is 12.4 Å². The standard InChI is InChI=1S/C8H15N/c1-5-7(2)6-8(3)9-4/h5,7-8H,1,4,6H2,2-3H3. The van der Waals surface area contributed by atoms with Crippen LogP contribution in [0.5, 0.6) is 0 Å². The van der Waals surface area contributed by atoms with Crippen LogP contribution < -0.4 is 0 Å². The Kier molecular flexibility index (Phi) is 4.02. The molecule has 2 unspecified atom stereocenters. The highest BCUT2D eigenvalue weighted by Crippen LogP contribution is 2.07. The van der Waals surface area contributed by atoms with Crippen molar-refractivity contribution >= 4 is 6.72 Å². The second-order valence-corrected chi connectivity index (χ2v) is 2.48. The SMILES string of the molecule is C=CC(C)CC(C)N=C. The van der Waals surface area contributed by atoms with Crippen LogP contribution in [0.3, 0.4) is 0 Å². The number of hydrogen-bond acceptors (Lipinski definition) is 1. The van der Waals surface area contributed by atoms with E-state index in [1.807, 2.05) is 6.08 Å². The van der Waals surface area contributed by atoms with E-state index in [1.165, 1.54) is 0 Å². The van der Waals surface area contributed by atoms with Crippen LogP contribution in [0.15, 0.2) is 17.6 Å². The number of rotatable bonds is 4. The van der Waals surface area contributed by atoms with Gasteiger partial charge < -0.3 is 0 Å². The molecule has 0 amide bonds. The van der Waals surface area contributed by atoms with E-state index in [0.29, 0.717) is 12.0 Å². The number of nitrogens with zero attached hydrogens (tertiary/aromatic N) is 1. The third-order valence-electron chi connectivity index (χ3n) is 1.43. The summed E-state index contributed by atoms with van der Waals surface area (Å²) < 4.78 is 0.